The number of Topliss-reactive ketones (excluding diaryl/α,β-unsaturated/α-hetero) is 1. The topological polar surface area (TPSA) is 51.2 Å². The van der Waals surface area contributed by atoms with Gasteiger partial charge in [-0.15, -0.1) is 0 Å². The number of carbonyl (C=O) groups excluding carboxylic acids is 1. The second-order valence-corrected chi connectivity index (χ2v) is 7.19. The maximum atomic E-state index is 13.3. The van der Waals surface area contributed by atoms with E-state index in [2.05, 4.69) is 0 Å². The number of sulfone groups is 1. The van der Waals surface area contributed by atoms with Crippen molar-refractivity contribution in [2.45, 2.75) is 4.90 Å². The van der Waals surface area contributed by atoms with Gasteiger partial charge in [-0.05, 0) is 46.7 Å². The van der Waals surface area contributed by atoms with E-state index < -0.39 is 21.4 Å². The van der Waals surface area contributed by atoms with Gasteiger partial charge in [-0.2, -0.15) is 11.3 Å². The monoisotopic (exact) mass is 308 g/mol. The van der Waals surface area contributed by atoms with Crippen LogP contribution >= 0.6 is 11.3 Å². The van der Waals surface area contributed by atoms with Crippen molar-refractivity contribution in [3.63, 3.8) is 0 Å². The molecule has 1 aliphatic heterocycles. The standard InChI is InChI=1S/C14H9FO3S2/c15-11-1-2-13-12(6-11)14(16)10(8-20(13,17)18)5-9-3-4-19-7-9/h1-7H,8H2/b10-5+. The second-order valence-electron chi connectivity index (χ2n) is 4.45. The molecule has 0 unspecified atom stereocenters. The summed E-state index contributed by atoms with van der Waals surface area (Å²) in [5, 5.41) is 3.65. The fourth-order valence-electron chi connectivity index (χ4n) is 2.14. The molecule has 0 radical (unpaired) electrons. The van der Waals surface area contributed by atoms with E-state index in [4.69, 9.17) is 0 Å². The fourth-order valence-corrected chi connectivity index (χ4v) is 4.30. The molecule has 3 rings (SSSR count). The molecule has 0 N–H and O–H groups in total. The highest BCUT2D eigenvalue weighted by Gasteiger charge is 2.32. The van der Waals surface area contributed by atoms with Crippen molar-refractivity contribution in [2.24, 2.45) is 0 Å². The van der Waals surface area contributed by atoms with Crippen molar-refractivity contribution in [2.75, 3.05) is 5.75 Å². The Labute approximate surface area is 119 Å². The number of carbonyl (C=O) groups is 1. The molecule has 0 saturated heterocycles. The summed E-state index contributed by atoms with van der Waals surface area (Å²) in [6, 6.07) is 4.98. The molecule has 0 atom stereocenters. The van der Waals surface area contributed by atoms with Crippen LogP contribution in [0, 0.1) is 5.82 Å². The molecule has 20 heavy (non-hydrogen) atoms. The smallest absolute Gasteiger partial charge is 0.191 e. The minimum Gasteiger partial charge on any atom is -0.289 e. The van der Waals surface area contributed by atoms with Gasteiger partial charge in [0.15, 0.2) is 15.6 Å². The summed E-state index contributed by atoms with van der Waals surface area (Å²) in [7, 11) is -3.60. The van der Waals surface area contributed by atoms with E-state index in [0.717, 1.165) is 23.8 Å². The number of fused-ring (bicyclic) bond motifs is 1. The fraction of sp³-hybridized carbons (Fsp3) is 0.0714. The van der Waals surface area contributed by atoms with Gasteiger partial charge in [0.05, 0.1) is 10.6 Å². The van der Waals surface area contributed by atoms with Crippen LogP contribution in [0.3, 0.4) is 0 Å². The maximum absolute atomic E-state index is 13.3. The van der Waals surface area contributed by atoms with Crippen molar-refractivity contribution < 1.29 is 17.6 Å². The van der Waals surface area contributed by atoms with Gasteiger partial charge >= 0.3 is 0 Å². The molecule has 1 aromatic heterocycles. The Bertz CT molecular complexity index is 818. The summed E-state index contributed by atoms with van der Waals surface area (Å²) >= 11 is 1.45. The molecule has 6 heteroatoms. The number of rotatable bonds is 1. The van der Waals surface area contributed by atoms with Crippen molar-refractivity contribution in [1.29, 1.82) is 0 Å². The molecule has 0 saturated carbocycles. The molecule has 0 amide bonds. The number of benzene rings is 1. The Morgan fingerprint density at radius 2 is 2.05 bits per heavy atom. The van der Waals surface area contributed by atoms with Crippen LogP contribution in [0.1, 0.15) is 15.9 Å². The van der Waals surface area contributed by atoms with Gasteiger partial charge < -0.3 is 0 Å². The first-order chi connectivity index (χ1) is 9.47. The highest BCUT2D eigenvalue weighted by molar-refractivity contribution is 7.91. The summed E-state index contributed by atoms with van der Waals surface area (Å²) in [5.74, 6) is -1.40. The molecule has 3 nitrogen and oxygen atoms in total. The van der Waals surface area contributed by atoms with Gasteiger partial charge in [-0.3, -0.25) is 4.79 Å². The van der Waals surface area contributed by atoms with Crippen LogP contribution in [0.4, 0.5) is 4.39 Å². The van der Waals surface area contributed by atoms with Crippen LogP contribution in [-0.2, 0) is 9.84 Å². The summed E-state index contributed by atoms with van der Waals surface area (Å²) in [6.45, 7) is 0. The minimum atomic E-state index is -3.60. The summed E-state index contributed by atoms with van der Waals surface area (Å²) in [6.07, 6.45) is 1.55. The molecular formula is C14H9FO3S2. The SMILES string of the molecule is O=C1/C(=C/c2ccsc2)CS(=O)(=O)c2ccc(F)cc21. The van der Waals surface area contributed by atoms with Gasteiger partial charge in [0.1, 0.15) is 5.82 Å². The van der Waals surface area contributed by atoms with Crippen LogP contribution in [-0.4, -0.2) is 20.0 Å². The first-order valence-corrected chi connectivity index (χ1v) is 8.37. The number of ketones is 1. The van der Waals surface area contributed by atoms with E-state index >= 15 is 0 Å². The predicted octanol–water partition coefficient (Wildman–Crippen LogP) is 2.94. The van der Waals surface area contributed by atoms with Crippen LogP contribution in [0.25, 0.3) is 6.08 Å². The first kappa shape index (κ1) is 13.2. The Morgan fingerprint density at radius 3 is 2.75 bits per heavy atom. The zero-order valence-electron chi connectivity index (χ0n) is 10.2. The van der Waals surface area contributed by atoms with E-state index in [0.29, 0.717) is 0 Å². The molecule has 2 heterocycles. The Balaban J connectivity index is 2.18. The first-order valence-electron chi connectivity index (χ1n) is 5.77. The van der Waals surface area contributed by atoms with E-state index in [9.17, 15) is 17.6 Å². The van der Waals surface area contributed by atoms with Gasteiger partial charge in [0, 0.05) is 11.1 Å². The summed E-state index contributed by atoms with van der Waals surface area (Å²) in [5.41, 5.74) is 0.854. The van der Waals surface area contributed by atoms with Gasteiger partial charge in [-0.25, -0.2) is 12.8 Å². The average Bonchev–Trinajstić information content (AvgIpc) is 2.88. The number of thiophene rings is 1. The molecule has 1 aliphatic rings. The lowest BCUT2D eigenvalue weighted by Crippen LogP contribution is -2.24. The van der Waals surface area contributed by atoms with Gasteiger partial charge in [0.25, 0.3) is 0 Å². The highest BCUT2D eigenvalue weighted by Crippen LogP contribution is 2.29. The lowest BCUT2D eigenvalue weighted by atomic mass is 10.0. The van der Waals surface area contributed by atoms with Crippen LogP contribution in [0.2, 0.25) is 0 Å². The van der Waals surface area contributed by atoms with Crippen molar-refractivity contribution in [1.82, 2.24) is 0 Å². The summed E-state index contributed by atoms with van der Waals surface area (Å²) in [4.78, 5) is 12.2. The zero-order chi connectivity index (χ0) is 14.3. The average molecular weight is 308 g/mol. The number of hydrogen-bond donors (Lipinski definition) is 0. The molecule has 0 bridgehead atoms. The van der Waals surface area contributed by atoms with E-state index in [1.165, 1.54) is 11.3 Å². The second kappa shape index (κ2) is 4.64. The highest BCUT2D eigenvalue weighted by atomic mass is 32.2. The molecule has 102 valence electrons. The number of halogens is 1. The van der Waals surface area contributed by atoms with Crippen molar-refractivity contribution in [3.05, 3.63) is 57.5 Å². The van der Waals surface area contributed by atoms with E-state index in [1.54, 1.807) is 12.1 Å². The maximum Gasteiger partial charge on any atom is 0.191 e. The molecule has 0 fully saturated rings. The molecule has 2 aromatic rings. The Kier molecular flexibility index (Phi) is 3.07. The minimum absolute atomic E-state index is 0.0854. The normalized spacial score (nSPS) is 19.1. The summed E-state index contributed by atoms with van der Waals surface area (Å²) < 4.78 is 37.6. The predicted molar refractivity (Wildman–Crippen MR) is 75.1 cm³/mol. The van der Waals surface area contributed by atoms with Crippen LogP contribution in [0.15, 0.2) is 45.5 Å². The Morgan fingerprint density at radius 1 is 1.25 bits per heavy atom. The van der Waals surface area contributed by atoms with Crippen molar-refractivity contribution in [3.8, 4) is 0 Å². The third-order valence-electron chi connectivity index (χ3n) is 3.04. The molecular weight excluding hydrogens is 299 g/mol. The molecule has 1 aromatic carbocycles. The van der Waals surface area contributed by atoms with Gasteiger partial charge in [0.2, 0.25) is 0 Å². The van der Waals surface area contributed by atoms with Crippen LogP contribution in [0.5, 0.6) is 0 Å². The quantitative estimate of drug-likeness (QED) is 0.601. The van der Waals surface area contributed by atoms with E-state index in [1.807, 2.05) is 10.8 Å². The third kappa shape index (κ3) is 2.21. The van der Waals surface area contributed by atoms with Gasteiger partial charge in [-0.1, -0.05) is 0 Å². The van der Waals surface area contributed by atoms with Crippen molar-refractivity contribution >= 4 is 33.0 Å². The lowest BCUT2D eigenvalue weighted by molar-refractivity contribution is 0.103. The molecule has 0 spiro atoms. The largest absolute Gasteiger partial charge is 0.289 e. The third-order valence-corrected chi connectivity index (χ3v) is 5.46. The Hall–Kier alpha value is -1.79. The lowest BCUT2D eigenvalue weighted by Gasteiger charge is -2.17. The molecule has 0 aliphatic carbocycles. The van der Waals surface area contributed by atoms with E-state index in [-0.39, 0.29) is 21.8 Å². The number of hydrogen-bond acceptors (Lipinski definition) is 4. The van der Waals surface area contributed by atoms with Crippen LogP contribution < -0.4 is 0 Å². The zero-order valence-corrected chi connectivity index (χ0v) is 11.8.